The van der Waals surface area contributed by atoms with Crippen LogP contribution in [0, 0.1) is 0 Å². The summed E-state index contributed by atoms with van der Waals surface area (Å²) in [7, 11) is 0. The summed E-state index contributed by atoms with van der Waals surface area (Å²) in [5, 5.41) is 19.3. The van der Waals surface area contributed by atoms with Crippen molar-refractivity contribution in [3.8, 4) is 0 Å². The Hall–Kier alpha value is 0.00338. The number of nitrogens with two attached hydrogens (primary N) is 1. The largest absolute Gasteiger partial charge is 2.00 e. The third-order valence-corrected chi connectivity index (χ3v) is 3.08. The molecule has 0 rings (SSSR count). The monoisotopic (exact) mass is 384 g/mol. The Kier molecular flexibility index (Phi) is 24.7. The average Bonchev–Trinajstić information content (AvgIpc) is 2.36. The summed E-state index contributed by atoms with van der Waals surface area (Å²) >= 11 is 8.50. The molecule has 120 valence electrons. The second-order valence-electron chi connectivity index (χ2n) is 4.69. The van der Waals surface area contributed by atoms with E-state index >= 15 is 0 Å². The molecule has 0 bridgehead atoms. The summed E-state index contributed by atoms with van der Waals surface area (Å²) in [6.45, 7) is 6.10. The SMILES string of the molecule is CCCCCCN(CCCCCC)C([O-])=S.NC([O-])=S.[Zn+2]. The summed E-state index contributed by atoms with van der Waals surface area (Å²) in [5.41, 5.74) is 4.29. The predicted octanol–water partition coefficient (Wildman–Crippen LogP) is 1.68. The van der Waals surface area contributed by atoms with E-state index in [4.69, 9.17) is 17.3 Å². The van der Waals surface area contributed by atoms with E-state index in [0.29, 0.717) is 0 Å². The van der Waals surface area contributed by atoms with E-state index < -0.39 is 5.17 Å². The molecule has 7 heteroatoms. The van der Waals surface area contributed by atoms with E-state index in [1.54, 1.807) is 0 Å². The van der Waals surface area contributed by atoms with Gasteiger partial charge in [0.2, 0.25) is 0 Å². The standard InChI is InChI=1S/C13H27NOS.CH3NOS.Zn/c1-3-5-7-9-11-14(13(15)16)12-10-8-6-4-2;2-1(3)4;/h3-12H2,1-2H3,(H,15,16);(H3,2,3,4);/q;;+2/p-2. The van der Waals surface area contributed by atoms with Gasteiger partial charge in [0.15, 0.2) is 0 Å². The van der Waals surface area contributed by atoms with Crippen molar-refractivity contribution in [3.63, 3.8) is 0 Å². The molecule has 0 aliphatic rings. The van der Waals surface area contributed by atoms with E-state index in [9.17, 15) is 5.11 Å². The molecule has 0 aliphatic heterocycles. The topological polar surface area (TPSA) is 75.4 Å². The number of hydrogen-bond donors (Lipinski definition) is 1. The summed E-state index contributed by atoms with van der Waals surface area (Å²) in [6.07, 6.45) is 9.62. The third kappa shape index (κ3) is 25.3. The van der Waals surface area contributed by atoms with Crippen LogP contribution in [0.1, 0.15) is 65.2 Å². The average molecular weight is 386 g/mol. The van der Waals surface area contributed by atoms with Crippen LogP contribution in [0.25, 0.3) is 0 Å². The van der Waals surface area contributed by atoms with Crippen LogP contribution in [0.4, 0.5) is 0 Å². The van der Waals surface area contributed by atoms with Gasteiger partial charge < -0.3 is 20.8 Å². The first-order valence-electron chi connectivity index (χ1n) is 7.38. The quantitative estimate of drug-likeness (QED) is 0.350. The fraction of sp³-hybridized carbons (Fsp3) is 0.857. The minimum Gasteiger partial charge on any atom is -0.852 e. The van der Waals surface area contributed by atoms with Gasteiger partial charge in [-0.1, -0.05) is 76.8 Å². The zero-order valence-electron chi connectivity index (χ0n) is 13.4. The number of unbranched alkanes of at least 4 members (excludes halogenated alkanes) is 6. The number of thiocarbonyl (C=S) groups is 2. The van der Waals surface area contributed by atoms with Crippen LogP contribution in [-0.4, -0.2) is 28.3 Å². The molecule has 0 saturated heterocycles. The number of rotatable bonds is 10. The van der Waals surface area contributed by atoms with Crippen molar-refractivity contribution in [1.82, 2.24) is 4.90 Å². The maximum Gasteiger partial charge on any atom is 2.00 e. The molecule has 0 amide bonds. The Bertz CT molecular complexity index is 241. The van der Waals surface area contributed by atoms with E-state index in [0.717, 1.165) is 25.9 Å². The first-order chi connectivity index (χ1) is 9.45. The predicted molar refractivity (Wildman–Crippen MR) is 89.2 cm³/mol. The molecule has 4 nitrogen and oxygen atoms in total. The van der Waals surface area contributed by atoms with Crippen LogP contribution in [0.2, 0.25) is 0 Å². The Morgan fingerprint density at radius 1 is 0.857 bits per heavy atom. The van der Waals surface area contributed by atoms with Gasteiger partial charge in [0.1, 0.15) is 0 Å². The van der Waals surface area contributed by atoms with Gasteiger partial charge in [-0.15, -0.1) is 0 Å². The molecular formula is C14H28N2O2S2Zn. The second kappa shape index (κ2) is 20.0. The maximum absolute atomic E-state index is 11.2. The normalized spacial score (nSPS) is 9.05. The number of nitrogens with zero attached hydrogens (tertiary/aromatic N) is 1. The summed E-state index contributed by atoms with van der Waals surface area (Å²) in [6, 6.07) is 0. The minimum atomic E-state index is -0.750. The van der Waals surface area contributed by atoms with Crippen LogP contribution in [0.3, 0.4) is 0 Å². The Morgan fingerprint density at radius 3 is 1.43 bits per heavy atom. The van der Waals surface area contributed by atoms with Crippen LogP contribution >= 0.6 is 24.4 Å². The molecule has 0 unspecified atom stereocenters. The molecule has 0 aromatic carbocycles. The van der Waals surface area contributed by atoms with Gasteiger partial charge in [-0.05, 0) is 12.8 Å². The molecule has 0 saturated carbocycles. The molecule has 0 aromatic heterocycles. The van der Waals surface area contributed by atoms with Crippen molar-refractivity contribution in [2.45, 2.75) is 65.2 Å². The van der Waals surface area contributed by atoms with Crippen molar-refractivity contribution in [3.05, 3.63) is 0 Å². The van der Waals surface area contributed by atoms with Gasteiger partial charge in [0.25, 0.3) is 0 Å². The summed E-state index contributed by atoms with van der Waals surface area (Å²) in [4.78, 5) is 1.83. The molecule has 0 atom stereocenters. The molecule has 0 aliphatic carbocycles. The molecule has 0 fully saturated rings. The van der Waals surface area contributed by atoms with Gasteiger partial charge >= 0.3 is 19.5 Å². The fourth-order valence-corrected chi connectivity index (χ4v) is 1.94. The van der Waals surface area contributed by atoms with Crippen molar-refractivity contribution in [1.29, 1.82) is 0 Å². The Morgan fingerprint density at radius 2 is 1.19 bits per heavy atom. The molecule has 2 N–H and O–H groups in total. The molecule has 0 aromatic rings. The molecular weight excluding hydrogens is 358 g/mol. The van der Waals surface area contributed by atoms with E-state index in [1.165, 1.54) is 38.5 Å². The smallest absolute Gasteiger partial charge is 0.852 e. The van der Waals surface area contributed by atoms with Gasteiger partial charge in [0.05, 0.1) is 0 Å². The van der Waals surface area contributed by atoms with Crippen LogP contribution < -0.4 is 15.9 Å². The first-order valence-corrected chi connectivity index (χ1v) is 8.19. The zero-order valence-corrected chi connectivity index (χ0v) is 18.0. The van der Waals surface area contributed by atoms with Gasteiger partial charge in [0, 0.05) is 23.4 Å². The molecule has 0 radical (unpaired) electrons. The summed E-state index contributed by atoms with van der Waals surface area (Å²) < 4.78 is 0. The first kappa shape index (κ1) is 25.9. The van der Waals surface area contributed by atoms with Crippen LogP contribution in [0.5, 0.6) is 0 Å². The third-order valence-electron chi connectivity index (χ3n) is 2.82. The van der Waals surface area contributed by atoms with Gasteiger partial charge in [-0.25, -0.2) is 0 Å². The van der Waals surface area contributed by atoms with Crippen molar-refractivity contribution < 1.29 is 29.7 Å². The summed E-state index contributed by atoms with van der Waals surface area (Å²) in [5.74, 6) is 0. The second-order valence-corrected chi connectivity index (χ2v) is 5.44. The molecule has 0 heterocycles. The maximum atomic E-state index is 11.2. The fourth-order valence-electron chi connectivity index (χ4n) is 1.75. The van der Waals surface area contributed by atoms with Crippen molar-refractivity contribution in [2.75, 3.05) is 13.1 Å². The van der Waals surface area contributed by atoms with E-state index in [-0.39, 0.29) is 24.7 Å². The van der Waals surface area contributed by atoms with Gasteiger partial charge in [-0.3, -0.25) is 0 Å². The molecule has 21 heavy (non-hydrogen) atoms. The van der Waals surface area contributed by atoms with E-state index in [1.807, 2.05) is 4.90 Å². The Labute approximate surface area is 153 Å². The minimum absolute atomic E-state index is 0. The zero-order chi connectivity index (χ0) is 15.8. The van der Waals surface area contributed by atoms with Crippen molar-refractivity contribution in [2.24, 2.45) is 5.73 Å². The van der Waals surface area contributed by atoms with Crippen LogP contribution in [0.15, 0.2) is 0 Å². The van der Waals surface area contributed by atoms with Crippen molar-refractivity contribution >= 4 is 34.8 Å². The van der Waals surface area contributed by atoms with Gasteiger partial charge in [-0.2, -0.15) is 0 Å². The molecule has 0 spiro atoms. The van der Waals surface area contributed by atoms with Crippen LogP contribution in [-0.2, 0) is 19.5 Å². The number of hydrogen-bond acceptors (Lipinski definition) is 4. The Balaban J connectivity index is -0.000000572. The van der Waals surface area contributed by atoms with E-state index in [2.05, 4.69) is 31.8 Å².